The highest BCUT2D eigenvalue weighted by Crippen LogP contribution is 2.15. The zero-order valence-electron chi connectivity index (χ0n) is 9.70. The number of rotatable bonds is 2. The molecule has 1 aromatic carbocycles. The minimum absolute atomic E-state index is 0.0702. The topological polar surface area (TPSA) is 30.0 Å². The van der Waals surface area contributed by atoms with Crippen molar-refractivity contribution < 1.29 is 4.79 Å². The number of benzene rings is 1. The van der Waals surface area contributed by atoms with Crippen LogP contribution in [-0.2, 0) is 0 Å². The molecule has 2 rings (SSSR count). The van der Waals surface area contributed by atoms with Crippen molar-refractivity contribution in [3.8, 4) is 0 Å². The van der Waals surface area contributed by atoms with Gasteiger partial charge in [-0.1, -0.05) is 17.7 Å². The molecule has 0 atom stereocenters. The van der Waals surface area contributed by atoms with E-state index in [0.29, 0.717) is 16.3 Å². The second-order valence-electron chi connectivity index (χ2n) is 4.01. The number of hydrogen-bond acceptors (Lipinski definition) is 2. The van der Waals surface area contributed by atoms with Gasteiger partial charge in [-0.15, -0.1) is 0 Å². The van der Waals surface area contributed by atoms with Crippen molar-refractivity contribution in [2.24, 2.45) is 0 Å². The average Bonchev–Trinajstić information content (AvgIpc) is 2.29. The zero-order valence-corrected chi connectivity index (χ0v) is 10.5. The van der Waals surface area contributed by atoms with Crippen LogP contribution in [0.25, 0.3) is 0 Å². The Bertz CT molecular complexity index is 561. The third kappa shape index (κ3) is 2.53. The summed E-state index contributed by atoms with van der Waals surface area (Å²) >= 11 is 5.79. The molecular formula is C14H12ClNO. The predicted octanol–water partition coefficient (Wildman–Crippen LogP) is 3.58. The molecule has 17 heavy (non-hydrogen) atoms. The van der Waals surface area contributed by atoms with E-state index in [2.05, 4.69) is 4.98 Å². The van der Waals surface area contributed by atoms with Gasteiger partial charge in [0.2, 0.25) is 5.78 Å². The van der Waals surface area contributed by atoms with Gasteiger partial charge >= 0.3 is 0 Å². The molecule has 1 heterocycles. The van der Waals surface area contributed by atoms with Gasteiger partial charge in [-0.25, -0.2) is 0 Å². The molecule has 1 aromatic heterocycles. The molecule has 0 aliphatic rings. The van der Waals surface area contributed by atoms with Crippen LogP contribution in [0, 0.1) is 13.8 Å². The van der Waals surface area contributed by atoms with Gasteiger partial charge in [0, 0.05) is 16.8 Å². The first-order chi connectivity index (χ1) is 8.08. The Morgan fingerprint density at radius 3 is 2.41 bits per heavy atom. The predicted molar refractivity (Wildman–Crippen MR) is 68.6 cm³/mol. The summed E-state index contributed by atoms with van der Waals surface area (Å²) in [6.07, 6.45) is 1.70. The Kier molecular flexibility index (Phi) is 3.25. The summed E-state index contributed by atoms with van der Waals surface area (Å²) in [4.78, 5) is 16.4. The molecular weight excluding hydrogens is 234 g/mol. The Morgan fingerprint density at radius 1 is 1.18 bits per heavy atom. The van der Waals surface area contributed by atoms with Crippen molar-refractivity contribution in [2.45, 2.75) is 13.8 Å². The maximum Gasteiger partial charge on any atom is 0.211 e. The van der Waals surface area contributed by atoms with Gasteiger partial charge in [0.1, 0.15) is 5.69 Å². The van der Waals surface area contributed by atoms with Gasteiger partial charge in [0.05, 0.1) is 0 Å². The van der Waals surface area contributed by atoms with E-state index >= 15 is 0 Å². The summed E-state index contributed by atoms with van der Waals surface area (Å²) in [5.41, 5.74) is 3.05. The van der Waals surface area contributed by atoms with Gasteiger partial charge in [-0.05, 0) is 49.2 Å². The molecule has 0 amide bonds. The fraction of sp³-hybridized carbons (Fsp3) is 0.143. The number of pyridine rings is 1. The standard InChI is InChI=1S/C14H12ClNO/c1-9-7-10(2)13(16-8-9)14(17)11-3-5-12(15)6-4-11/h3-8H,1-2H3. The smallest absolute Gasteiger partial charge is 0.211 e. The van der Waals surface area contributed by atoms with Crippen molar-refractivity contribution in [3.05, 3.63) is 63.9 Å². The van der Waals surface area contributed by atoms with Crippen LogP contribution in [0.2, 0.25) is 5.02 Å². The molecule has 0 aliphatic carbocycles. The third-order valence-corrected chi connectivity index (χ3v) is 2.79. The lowest BCUT2D eigenvalue weighted by Gasteiger charge is -2.05. The summed E-state index contributed by atoms with van der Waals surface area (Å²) in [7, 11) is 0. The van der Waals surface area contributed by atoms with E-state index in [1.54, 1.807) is 30.5 Å². The molecule has 0 spiro atoms. The average molecular weight is 246 g/mol. The second kappa shape index (κ2) is 4.68. The number of aryl methyl sites for hydroxylation is 2. The number of carbonyl (C=O) groups is 1. The molecule has 0 bridgehead atoms. The summed E-state index contributed by atoms with van der Waals surface area (Å²) < 4.78 is 0. The first kappa shape index (κ1) is 11.8. The van der Waals surface area contributed by atoms with E-state index in [-0.39, 0.29) is 5.78 Å². The maximum absolute atomic E-state index is 12.2. The Balaban J connectivity index is 2.40. The van der Waals surface area contributed by atoms with Crippen LogP contribution in [0.3, 0.4) is 0 Å². The highest BCUT2D eigenvalue weighted by Gasteiger charge is 2.12. The fourth-order valence-corrected chi connectivity index (χ4v) is 1.82. The summed E-state index contributed by atoms with van der Waals surface area (Å²) in [6, 6.07) is 8.80. The largest absolute Gasteiger partial charge is 0.287 e. The SMILES string of the molecule is Cc1cnc(C(=O)c2ccc(Cl)cc2)c(C)c1. The van der Waals surface area contributed by atoms with Crippen LogP contribution in [0.5, 0.6) is 0 Å². The lowest BCUT2D eigenvalue weighted by molar-refractivity contribution is 0.103. The van der Waals surface area contributed by atoms with Crippen LogP contribution in [0.4, 0.5) is 0 Å². The lowest BCUT2D eigenvalue weighted by atomic mass is 10.0. The first-order valence-electron chi connectivity index (χ1n) is 5.31. The maximum atomic E-state index is 12.2. The normalized spacial score (nSPS) is 10.3. The van der Waals surface area contributed by atoms with E-state index in [0.717, 1.165) is 11.1 Å². The van der Waals surface area contributed by atoms with Crippen LogP contribution in [0.1, 0.15) is 27.2 Å². The third-order valence-electron chi connectivity index (χ3n) is 2.54. The van der Waals surface area contributed by atoms with Gasteiger partial charge in [0.15, 0.2) is 0 Å². The summed E-state index contributed by atoms with van der Waals surface area (Å²) in [6.45, 7) is 3.85. The number of nitrogens with zero attached hydrogens (tertiary/aromatic N) is 1. The van der Waals surface area contributed by atoms with Crippen LogP contribution in [0.15, 0.2) is 36.5 Å². The zero-order chi connectivity index (χ0) is 12.4. The van der Waals surface area contributed by atoms with Crippen molar-refractivity contribution in [1.29, 1.82) is 0 Å². The van der Waals surface area contributed by atoms with Crippen molar-refractivity contribution in [3.63, 3.8) is 0 Å². The molecule has 0 fully saturated rings. The molecule has 0 saturated heterocycles. The van der Waals surface area contributed by atoms with Crippen molar-refractivity contribution in [1.82, 2.24) is 4.98 Å². The molecule has 2 aromatic rings. The minimum atomic E-state index is -0.0702. The van der Waals surface area contributed by atoms with E-state index in [9.17, 15) is 4.79 Å². The van der Waals surface area contributed by atoms with E-state index in [4.69, 9.17) is 11.6 Å². The van der Waals surface area contributed by atoms with Gasteiger partial charge < -0.3 is 0 Å². The minimum Gasteiger partial charge on any atom is -0.287 e. The number of carbonyl (C=O) groups excluding carboxylic acids is 1. The van der Waals surface area contributed by atoms with Crippen LogP contribution >= 0.6 is 11.6 Å². The van der Waals surface area contributed by atoms with Crippen LogP contribution in [-0.4, -0.2) is 10.8 Å². The van der Waals surface area contributed by atoms with Gasteiger partial charge in [0.25, 0.3) is 0 Å². The summed E-state index contributed by atoms with van der Waals surface area (Å²) in [5, 5.41) is 0.620. The van der Waals surface area contributed by atoms with Crippen LogP contribution < -0.4 is 0 Å². The van der Waals surface area contributed by atoms with Crippen molar-refractivity contribution in [2.75, 3.05) is 0 Å². The number of hydrogen-bond donors (Lipinski definition) is 0. The molecule has 2 nitrogen and oxygen atoms in total. The molecule has 3 heteroatoms. The Labute approximate surface area is 105 Å². The highest BCUT2D eigenvalue weighted by atomic mass is 35.5. The number of aromatic nitrogens is 1. The molecule has 86 valence electrons. The molecule has 0 saturated carbocycles. The van der Waals surface area contributed by atoms with Gasteiger partial charge in [-0.2, -0.15) is 0 Å². The Morgan fingerprint density at radius 2 is 1.82 bits per heavy atom. The quantitative estimate of drug-likeness (QED) is 0.757. The number of ketones is 1. The molecule has 0 radical (unpaired) electrons. The second-order valence-corrected chi connectivity index (χ2v) is 4.45. The highest BCUT2D eigenvalue weighted by molar-refractivity contribution is 6.30. The lowest BCUT2D eigenvalue weighted by Crippen LogP contribution is -2.06. The molecule has 0 unspecified atom stereocenters. The van der Waals surface area contributed by atoms with E-state index < -0.39 is 0 Å². The van der Waals surface area contributed by atoms with E-state index in [1.165, 1.54) is 0 Å². The number of halogens is 1. The first-order valence-corrected chi connectivity index (χ1v) is 5.69. The summed E-state index contributed by atoms with van der Waals surface area (Å²) in [5.74, 6) is -0.0702. The Hall–Kier alpha value is -1.67. The van der Waals surface area contributed by atoms with E-state index in [1.807, 2.05) is 19.9 Å². The monoisotopic (exact) mass is 245 g/mol. The molecule has 0 aliphatic heterocycles. The molecule has 0 N–H and O–H groups in total. The fourth-order valence-electron chi connectivity index (χ4n) is 1.69. The van der Waals surface area contributed by atoms with Crippen molar-refractivity contribution >= 4 is 17.4 Å². The van der Waals surface area contributed by atoms with Gasteiger partial charge in [-0.3, -0.25) is 9.78 Å².